The molecule has 0 aliphatic rings. The largest absolute Gasteiger partial charge is 0.479 e. The highest BCUT2D eigenvalue weighted by atomic mass is 35.5. The fourth-order valence-corrected chi connectivity index (χ4v) is 1.13. The Hall–Kier alpha value is -1.06. The number of benzene rings is 1. The lowest BCUT2D eigenvalue weighted by molar-refractivity contribution is -0.149. The summed E-state index contributed by atoms with van der Waals surface area (Å²) >= 11 is 5.75. The molecule has 0 amide bonds. The summed E-state index contributed by atoms with van der Waals surface area (Å²) in [5, 5.41) is 9.18. The fourth-order valence-electron chi connectivity index (χ4n) is 0.919. The number of carbonyl (C=O) groups is 1. The van der Waals surface area contributed by atoms with Gasteiger partial charge in [0.25, 0.3) is 0 Å². The first-order chi connectivity index (χ1) is 6.59. The minimum atomic E-state index is -0.966. The van der Waals surface area contributed by atoms with Crippen LogP contribution >= 0.6 is 11.6 Å². The molecule has 0 radical (unpaired) electrons. The van der Waals surface area contributed by atoms with Crippen LogP contribution < -0.4 is 0 Å². The first kappa shape index (κ1) is 11.0. The van der Waals surface area contributed by atoms with Crippen molar-refractivity contribution in [1.82, 2.24) is 0 Å². The maximum Gasteiger partial charge on any atom is 0.332 e. The number of carboxylic acid groups (broad SMARTS) is 1. The Bertz CT molecular complexity index is 325. The molecule has 4 heteroatoms. The summed E-state index contributed by atoms with van der Waals surface area (Å²) in [5.74, 6) is -0.966. The van der Waals surface area contributed by atoms with E-state index in [4.69, 9.17) is 21.4 Å². The summed E-state index contributed by atoms with van der Waals surface area (Å²) < 4.78 is 5.09. The quantitative estimate of drug-likeness (QED) is 0.837. The second-order valence-electron chi connectivity index (χ2n) is 2.92. The van der Waals surface area contributed by atoms with Crippen molar-refractivity contribution in [2.75, 3.05) is 0 Å². The molecular weight excluding hydrogens is 204 g/mol. The van der Waals surface area contributed by atoms with E-state index in [0.29, 0.717) is 5.02 Å². The van der Waals surface area contributed by atoms with Gasteiger partial charge in [0.2, 0.25) is 0 Å². The van der Waals surface area contributed by atoms with E-state index in [9.17, 15) is 4.79 Å². The lowest BCUT2D eigenvalue weighted by Gasteiger charge is -2.08. The van der Waals surface area contributed by atoms with Crippen LogP contribution in [0.2, 0.25) is 5.02 Å². The number of hydrogen-bond acceptors (Lipinski definition) is 2. The van der Waals surface area contributed by atoms with Gasteiger partial charge in [0, 0.05) is 5.02 Å². The molecule has 0 aromatic heterocycles. The summed E-state index contributed by atoms with van der Waals surface area (Å²) in [6.45, 7) is 1.75. The van der Waals surface area contributed by atoms with Crippen LogP contribution in [0.5, 0.6) is 0 Å². The van der Waals surface area contributed by atoms with E-state index in [2.05, 4.69) is 0 Å². The van der Waals surface area contributed by atoms with E-state index in [1.165, 1.54) is 6.92 Å². The summed E-state index contributed by atoms with van der Waals surface area (Å²) in [6, 6.07) is 7.13. The van der Waals surface area contributed by atoms with Crippen molar-refractivity contribution in [3.63, 3.8) is 0 Å². The number of aliphatic carboxylic acids is 1. The smallest absolute Gasteiger partial charge is 0.332 e. The first-order valence-electron chi connectivity index (χ1n) is 4.18. The van der Waals surface area contributed by atoms with Crippen LogP contribution in [-0.4, -0.2) is 17.2 Å². The van der Waals surface area contributed by atoms with E-state index in [0.717, 1.165) is 5.56 Å². The zero-order chi connectivity index (χ0) is 10.6. The highest BCUT2D eigenvalue weighted by molar-refractivity contribution is 6.30. The predicted octanol–water partition coefficient (Wildman–Crippen LogP) is 2.33. The zero-order valence-corrected chi connectivity index (χ0v) is 8.49. The third-order valence-electron chi connectivity index (χ3n) is 1.74. The maximum absolute atomic E-state index is 10.4. The van der Waals surface area contributed by atoms with E-state index in [-0.39, 0.29) is 6.61 Å². The second-order valence-corrected chi connectivity index (χ2v) is 3.36. The van der Waals surface area contributed by atoms with E-state index in [1.54, 1.807) is 18.2 Å². The van der Waals surface area contributed by atoms with Gasteiger partial charge in [-0.05, 0) is 24.6 Å². The number of hydrogen-bond donors (Lipinski definition) is 1. The lowest BCUT2D eigenvalue weighted by atomic mass is 10.2. The number of rotatable bonds is 4. The molecule has 3 nitrogen and oxygen atoms in total. The highest BCUT2D eigenvalue weighted by Crippen LogP contribution is 2.12. The van der Waals surface area contributed by atoms with Crippen molar-refractivity contribution in [3.8, 4) is 0 Å². The van der Waals surface area contributed by atoms with Gasteiger partial charge in [0.1, 0.15) is 0 Å². The standard InChI is InChI=1S/C10H11ClO3/c1-7(10(12)13)14-6-8-3-2-4-9(11)5-8/h2-5,7H,6H2,1H3,(H,12,13)/t7-/m1/s1. The van der Waals surface area contributed by atoms with Crippen molar-refractivity contribution < 1.29 is 14.6 Å². The van der Waals surface area contributed by atoms with Gasteiger partial charge in [-0.1, -0.05) is 23.7 Å². The average molecular weight is 215 g/mol. The van der Waals surface area contributed by atoms with Gasteiger partial charge < -0.3 is 9.84 Å². The van der Waals surface area contributed by atoms with Crippen molar-refractivity contribution in [3.05, 3.63) is 34.9 Å². The Morgan fingerprint density at radius 2 is 2.36 bits per heavy atom. The average Bonchev–Trinajstić information content (AvgIpc) is 2.14. The Morgan fingerprint density at radius 1 is 1.64 bits per heavy atom. The van der Waals surface area contributed by atoms with Crippen molar-refractivity contribution in [2.24, 2.45) is 0 Å². The third kappa shape index (κ3) is 3.36. The molecule has 0 unspecified atom stereocenters. The van der Waals surface area contributed by atoms with Crippen LogP contribution in [0.1, 0.15) is 12.5 Å². The molecule has 14 heavy (non-hydrogen) atoms. The monoisotopic (exact) mass is 214 g/mol. The zero-order valence-electron chi connectivity index (χ0n) is 7.74. The molecule has 0 saturated heterocycles. The molecular formula is C10H11ClO3. The molecule has 1 aromatic carbocycles. The molecule has 0 saturated carbocycles. The van der Waals surface area contributed by atoms with Crippen LogP contribution in [0.15, 0.2) is 24.3 Å². The van der Waals surface area contributed by atoms with E-state index >= 15 is 0 Å². The SMILES string of the molecule is C[C@@H](OCc1cccc(Cl)c1)C(=O)O. The Kier molecular flexibility index (Phi) is 3.92. The second kappa shape index (κ2) is 4.98. The van der Waals surface area contributed by atoms with Gasteiger partial charge in [-0.2, -0.15) is 0 Å². The number of carboxylic acids is 1. The fraction of sp³-hybridized carbons (Fsp3) is 0.300. The first-order valence-corrected chi connectivity index (χ1v) is 4.56. The topological polar surface area (TPSA) is 46.5 Å². The highest BCUT2D eigenvalue weighted by Gasteiger charge is 2.10. The van der Waals surface area contributed by atoms with Crippen LogP contribution in [0, 0.1) is 0 Å². The Balaban J connectivity index is 2.49. The Morgan fingerprint density at radius 3 is 2.93 bits per heavy atom. The van der Waals surface area contributed by atoms with Crippen LogP contribution in [0.3, 0.4) is 0 Å². The van der Waals surface area contributed by atoms with Crippen LogP contribution in [-0.2, 0) is 16.1 Å². The minimum Gasteiger partial charge on any atom is -0.479 e. The van der Waals surface area contributed by atoms with Gasteiger partial charge in [-0.15, -0.1) is 0 Å². The van der Waals surface area contributed by atoms with Gasteiger partial charge in [-0.25, -0.2) is 4.79 Å². The Labute approximate surface area is 87.3 Å². The number of halogens is 1. The maximum atomic E-state index is 10.4. The molecule has 1 rings (SSSR count). The van der Waals surface area contributed by atoms with Gasteiger partial charge in [0.05, 0.1) is 6.61 Å². The van der Waals surface area contributed by atoms with Crippen molar-refractivity contribution in [2.45, 2.75) is 19.6 Å². The van der Waals surface area contributed by atoms with Crippen molar-refractivity contribution >= 4 is 17.6 Å². The normalized spacial score (nSPS) is 12.4. The lowest BCUT2D eigenvalue weighted by Crippen LogP contribution is -2.19. The third-order valence-corrected chi connectivity index (χ3v) is 1.97. The summed E-state index contributed by atoms with van der Waals surface area (Å²) in [6.07, 6.45) is -0.797. The van der Waals surface area contributed by atoms with Crippen LogP contribution in [0.25, 0.3) is 0 Å². The van der Waals surface area contributed by atoms with E-state index < -0.39 is 12.1 Å². The molecule has 0 fully saturated rings. The van der Waals surface area contributed by atoms with E-state index in [1.807, 2.05) is 6.07 Å². The molecule has 0 bridgehead atoms. The molecule has 0 heterocycles. The molecule has 1 N–H and O–H groups in total. The molecule has 0 aliphatic heterocycles. The molecule has 0 aliphatic carbocycles. The summed E-state index contributed by atoms with van der Waals surface area (Å²) in [4.78, 5) is 10.4. The molecule has 1 aromatic rings. The van der Waals surface area contributed by atoms with Gasteiger partial charge in [0.15, 0.2) is 6.10 Å². The molecule has 0 spiro atoms. The predicted molar refractivity (Wildman–Crippen MR) is 53.3 cm³/mol. The van der Waals surface area contributed by atoms with Crippen LogP contribution in [0.4, 0.5) is 0 Å². The van der Waals surface area contributed by atoms with Gasteiger partial charge >= 0.3 is 5.97 Å². The number of ether oxygens (including phenoxy) is 1. The summed E-state index contributed by atoms with van der Waals surface area (Å²) in [5.41, 5.74) is 0.866. The summed E-state index contributed by atoms with van der Waals surface area (Å²) in [7, 11) is 0. The van der Waals surface area contributed by atoms with Gasteiger partial charge in [-0.3, -0.25) is 0 Å². The van der Waals surface area contributed by atoms with Crippen molar-refractivity contribution in [1.29, 1.82) is 0 Å². The molecule has 1 atom stereocenters. The molecule has 76 valence electrons. The minimum absolute atomic E-state index is 0.258.